The van der Waals surface area contributed by atoms with Crippen LogP contribution in [-0.4, -0.2) is 53.1 Å². The first-order chi connectivity index (χ1) is 8.57. The van der Waals surface area contributed by atoms with Crippen molar-refractivity contribution in [2.75, 3.05) is 19.7 Å². The molecule has 5 nitrogen and oxygen atoms in total. The summed E-state index contributed by atoms with van der Waals surface area (Å²) in [6.45, 7) is 10.5. The minimum Gasteiger partial charge on any atom is -0.444 e. The number of carbonyl (C=O) groups excluding carboxylic acids is 1. The molecule has 1 atom stereocenters. The first kappa shape index (κ1) is 16.2. The van der Waals surface area contributed by atoms with Crippen LogP contribution in [0.15, 0.2) is 0 Å². The highest BCUT2D eigenvalue weighted by Gasteiger charge is 2.28. The van der Waals surface area contributed by atoms with Gasteiger partial charge in [0.05, 0.1) is 24.9 Å². The summed E-state index contributed by atoms with van der Waals surface area (Å²) < 4.78 is 11.0. The first-order valence-electron chi connectivity index (χ1n) is 6.89. The van der Waals surface area contributed by atoms with Crippen LogP contribution in [0, 0.1) is 0 Å². The van der Waals surface area contributed by atoms with Gasteiger partial charge in [-0.3, -0.25) is 0 Å². The molecule has 0 spiro atoms. The fourth-order valence-corrected chi connectivity index (χ4v) is 1.89. The van der Waals surface area contributed by atoms with E-state index in [2.05, 4.69) is 0 Å². The summed E-state index contributed by atoms with van der Waals surface area (Å²) in [7, 11) is 0. The molecule has 1 fully saturated rings. The van der Waals surface area contributed by atoms with Crippen LogP contribution in [0.3, 0.4) is 0 Å². The van der Waals surface area contributed by atoms with Crippen molar-refractivity contribution in [3.8, 4) is 0 Å². The van der Waals surface area contributed by atoms with Crippen molar-refractivity contribution in [3.63, 3.8) is 0 Å². The van der Waals surface area contributed by atoms with Gasteiger partial charge >= 0.3 is 6.09 Å². The van der Waals surface area contributed by atoms with Crippen molar-refractivity contribution in [2.24, 2.45) is 0 Å². The summed E-state index contributed by atoms with van der Waals surface area (Å²) in [6.07, 6.45) is 1.50. The fourth-order valence-electron chi connectivity index (χ4n) is 1.89. The lowest BCUT2D eigenvalue weighted by atomic mass is 10.1. The summed E-state index contributed by atoms with van der Waals surface area (Å²) in [6, 6.07) is 0. The summed E-state index contributed by atoms with van der Waals surface area (Å²) in [5.74, 6) is 0. The predicted octanol–water partition coefficient (Wildman–Crippen LogP) is 2.17. The van der Waals surface area contributed by atoms with Crippen LogP contribution in [0.2, 0.25) is 0 Å². The van der Waals surface area contributed by atoms with Gasteiger partial charge in [-0.05, 0) is 47.5 Å². The number of aliphatic hydroxyl groups is 1. The molecule has 0 aliphatic carbocycles. The molecule has 1 saturated heterocycles. The van der Waals surface area contributed by atoms with Gasteiger partial charge in [0, 0.05) is 6.54 Å². The van der Waals surface area contributed by atoms with Gasteiger partial charge in [0.2, 0.25) is 0 Å². The van der Waals surface area contributed by atoms with Crippen molar-refractivity contribution in [1.82, 2.24) is 4.90 Å². The van der Waals surface area contributed by atoms with E-state index in [1.165, 1.54) is 0 Å². The molecule has 0 aromatic heterocycles. The van der Waals surface area contributed by atoms with Gasteiger partial charge in [0.1, 0.15) is 5.60 Å². The van der Waals surface area contributed by atoms with Crippen LogP contribution < -0.4 is 0 Å². The number of piperidine rings is 1. The Morgan fingerprint density at radius 3 is 2.47 bits per heavy atom. The first-order valence-corrected chi connectivity index (χ1v) is 6.89. The minimum atomic E-state index is -0.839. The Balaban J connectivity index is 2.44. The standard InChI is InChI=1S/C14H27NO4/c1-13(2,3)19-12(16)15-8-6-7-11(9-15)18-10-14(4,5)17/h11,17H,6-10H2,1-5H3. The highest BCUT2D eigenvalue weighted by atomic mass is 16.6. The topological polar surface area (TPSA) is 59.0 Å². The van der Waals surface area contributed by atoms with E-state index >= 15 is 0 Å². The molecule has 1 heterocycles. The third-order valence-electron chi connectivity index (χ3n) is 2.70. The van der Waals surface area contributed by atoms with E-state index < -0.39 is 11.2 Å². The lowest BCUT2D eigenvalue weighted by Crippen LogP contribution is -2.46. The van der Waals surface area contributed by atoms with Crippen LogP contribution in [0.5, 0.6) is 0 Å². The number of hydrogen-bond acceptors (Lipinski definition) is 4. The molecule has 0 bridgehead atoms. The SMILES string of the molecule is CC(C)(O)COC1CCCN(C(=O)OC(C)(C)C)C1. The van der Waals surface area contributed by atoms with Crippen molar-refractivity contribution in [2.45, 2.75) is 64.8 Å². The zero-order valence-electron chi connectivity index (χ0n) is 12.7. The van der Waals surface area contributed by atoms with Gasteiger partial charge in [-0.15, -0.1) is 0 Å². The van der Waals surface area contributed by atoms with E-state index in [1.54, 1.807) is 18.7 Å². The predicted molar refractivity (Wildman–Crippen MR) is 73.1 cm³/mol. The summed E-state index contributed by atoms with van der Waals surface area (Å²) >= 11 is 0. The number of carbonyl (C=O) groups is 1. The number of rotatable bonds is 3. The largest absolute Gasteiger partial charge is 0.444 e. The van der Waals surface area contributed by atoms with Crippen molar-refractivity contribution < 1.29 is 19.4 Å². The molecule has 0 aromatic carbocycles. The maximum absolute atomic E-state index is 12.0. The second-order valence-corrected chi connectivity index (χ2v) is 6.81. The summed E-state index contributed by atoms with van der Waals surface area (Å²) in [5.41, 5.74) is -1.31. The van der Waals surface area contributed by atoms with Crippen LogP contribution >= 0.6 is 0 Å². The molecule has 19 heavy (non-hydrogen) atoms. The molecule has 5 heteroatoms. The lowest BCUT2D eigenvalue weighted by Gasteiger charge is -2.34. The average molecular weight is 273 g/mol. The smallest absolute Gasteiger partial charge is 0.410 e. The molecule has 0 radical (unpaired) electrons. The van der Waals surface area contributed by atoms with Crippen LogP contribution in [0.1, 0.15) is 47.5 Å². The summed E-state index contributed by atoms with van der Waals surface area (Å²) in [5, 5.41) is 9.65. The highest BCUT2D eigenvalue weighted by molar-refractivity contribution is 5.68. The monoisotopic (exact) mass is 273 g/mol. The molecule has 0 saturated carbocycles. The van der Waals surface area contributed by atoms with Crippen molar-refractivity contribution in [3.05, 3.63) is 0 Å². The van der Waals surface area contributed by atoms with Crippen LogP contribution in [0.4, 0.5) is 4.79 Å². The quantitative estimate of drug-likeness (QED) is 0.856. The Bertz CT molecular complexity index is 304. The Morgan fingerprint density at radius 2 is 1.95 bits per heavy atom. The van der Waals surface area contributed by atoms with Gasteiger partial charge in [0.15, 0.2) is 0 Å². The molecule has 1 aliphatic rings. The minimum absolute atomic E-state index is 0.0207. The number of likely N-dealkylation sites (tertiary alicyclic amines) is 1. The fraction of sp³-hybridized carbons (Fsp3) is 0.929. The Labute approximate surface area is 115 Å². The highest BCUT2D eigenvalue weighted by Crippen LogP contribution is 2.18. The Kier molecular flexibility index (Phi) is 5.21. The van der Waals surface area contributed by atoms with Crippen LogP contribution in [-0.2, 0) is 9.47 Å². The van der Waals surface area contributed by atoms with E-state index in [0.717, 1.165) is 12.8 Å². The number of hydrogen-bond donors (Lipinski definition) is 1. The van der Waals surface area contributed by atoms with Crippen LogP contribution in [0.25, 0.3) is 0 Å². The van der Waals surface area contributed by atoms with E-state index in [-0.39, 0.29) is 18.8 Å². The second-order valence-electron chi connectivity index (χ2n) is 6.81. The number of amides is 1. The van der Waals surface area contributed by atoms with Gasteiger partial charge in [-0.25, -0.2) is 4.79 Å². The Morgan fingerprint density at radius 1 is 1.32 bits per heavy atom. The normalized spacial score (nSPS) is 21.4. The van der Waals surface area contributed by atoms with E-state index in [1.807, 2.05) is 20.8 Å². The number of nitrogens with zero attached hydrogens (tertiary/aromatic N) is 1. The molecule has 0 aromatic rings. The molecule has 1 amide bonds. The Hall–Kier alpha value is -0.810. The maximum Gasteiger partial charge on any atom is 0.410 e. The zero-order chi connectivity index (χ0) is 14.7. The van der Waals surface area contributed by atoms with Crippen molar-refractivity contribution >= 4 is 6.09 Å². The van der Waals surface area contributed by atoms with E-state index in [0.29, 0.717) is 13.1 Å². The molecular formula is C14H27NO4. The third kappa shape index (κ3) is 6.78. The van der Waals surface area contributed by atoms with Gasteiger partial charge < -0.3 is 19.5 Å². The van der Waals surface area contributed by atoms with E-state index in [4.69, 9.17) is 9.47 Å². The van der Waals surface area contributed by atoms with Crippen molar-refractivity contribution in [1.29, 1.82) is 0 Å². The summed E-state index contributed by atoms with van der Waals surface area (Å²) in [4.78, 5) is 13.6. The molecule has 1 N–H and O–H groups in total. The molecule has 1 aliphatic heterocycles. The number of ether oxygens (including phenoxy) is 2. The van der Waals surface area contributed by atoms with Gasteiger partial charge in [-0.2, -0.15) is 0 Å². The van der Waals surface area contributed by atoms with E-state index in [9.17, 15) is 9.90 Å². The third-order valence-corrected chi connectivity index (χ3v) is 2.70. The molecule has 112 valence electrons. The second kappa shape index (κ2) is 6.09. The average Bonchev–Trinajstić information content (AvgIpc) is 2.23. The molecule has 1 unspecified atom stereocenters. The molecular weight excluding hydrogens is 246 g/mol. The van der Waals surface area contributed by atoms with Gasteiger partial charge in [0.25, 0.3) is 0 Å². The zero-order valence-corrected chi connectivity index (χ0v) is 12.7. The lowest BCUT2D eigenvalue weighted by molar-refractivity contribution is -0.0735. The molecule has 1 rings (SSSR count). The maximum atomic E-state index is 12.0. The van der Waals surface area contributed by atoms with Gasteiger partial charge in [-0.1, -0.05) is 0 Å².